The number of benzene rings is 1. The van der Waals surface area contributed by atoms with Crippen molar-refractivity contribution in [1.82, 2.24) is 14.8 Å². The van der Waals surface area contributed by atoms with Gasteiger partial charge in [0.25, 0.3) is 0 Å². The van der Waals surface area contributed by atoms with Crippen molar-refractivity contribution in [2.45, 2.75) is 26.9 Å². The third-order valence-electron chi connectivity index (χ3n) is 2.82. The fourth-order valence-corrected chi connectivity index (χ4v) is 1.91. The fourth-order valence-electron chi connectivity index (χ4n) is 1.75. The molecule has 18 heavy (non-hydrogen) atoms. The van der Waals surface area contributed by atoms with E-state index >= 15 is 0 Å². The largest absolute Gasteiger partial charge is 0.398 e. The third-order valence-corrected chi connectivity index (χ3v) is 3.14. The number of nitrogen functional groups attached to an aromatic ring is 1. The van der Waals surface area contributed by atoms with Gasteiger partial charge in [-0.1, -0.05) is 11.6 Å². The minimum Gasteiger partial charge on any atom is -0.398 e. The zero-order chi connectivity index (χ0) is 13.1. The van der Waals surface area contributed by atoms with Crippen LogP contribution in [0.25, 0.3) is 0 Å². The molecule has 0 amide bonds. The number of hydrogen-bond donors (Lipinski definition) is 2. The third kappa shape index (κ3) is 2.56. The second-order valence-corrected chi connectivity index (χ2v) is 4.48. The average molecular weight is 266 g/mol. The zero-order valence-electron chi connectivity index (χ0n) is 10.4. The van der Waals surface area contributed by atoms with Crippen molar-refractivity contribution in [2.24, 2.45) is 0 Å². The summed E-state index contributed by atoms with van der Waals surface area (Å²) in [5.41, 5.74) is 8.35. The van der Waals surface area contributed by atoms with Crippen molar-refractivity contribution in [3.63, 3.8) is 0 Å². The minimum absolute atomic E-state index is 0.556. The van der Waals surface area contributed by atoms with Crippen molar-refractivity contribution in [1.29, 1.82) is 0 Å². The molecule has 0 saturated carbocycles. The molecule has 2 aromatic rings. The van der Waals surface area contributed by atoms with E-state index in [0.29, 0.717) is 17.3 Å². The highest BCUT2D eigenvalue weighted by Crippen LogP contribution is 2.26. The van der Waals surface area contributed by atoms with Gasteiger partial charge in [0.1, 0.15) is 6.33 Å². The maximum atomic E-state index is 6.01. The molecule has 0 saturated heterocycles. The van der Waals surface area contributed by atoms with Crippen LogP contribution in [0, 0.1) is 6.92 Å². The van der Waals surface area contributed by atoms with Crippen LogP contribution in [0.2, 0.25) is 5.02 Å². The number of nitrogens with zero attached hydrogens (tertiary/aromatic N) is 3. The van der Waals surface area contributed by atoms with Crippen LogP contribution in [0.1, 0.15) is 18.3 Å². The van der Waals surface area contributed by atoms with Crippen molar-refractivity contribution >= 4 is 23.0 Å². The topological polar surface area (TPSA) is 68.8 Å². The average Bonchev–Trinajstić information content (AvgIpc) is 2.79. The highest BCUT2D eigenvalue weighted by Gasteiger charge is 2.06. The van der Waals surface area contributed by atoms with Gasteiger partial charge in [-0.15, -0.1) is 10.2 Å². The maximum Gasteiger partial charge on any atom is 0.152 e. The Bertz CT molecular complexity index is 549. The van der Waals surface area contributed by atoms with E-state index in [0.717, 1.165) is 23.6 Å². The smallest absolute Gasteiger partial charge is 0.152 e. The van der Waals surface area contributed by atoms with E-state index in [-0.39, 0.29) is 0 Å². The normalized spacial score (nSPS) is 10.6. The number of nitrogens with one attached hydrogen (secondary N) is 1. The molecule has 5 nitrogen and oxygen atoms in total. The fraction of sp³-hybridized carbons (Fsp3) is 0.333. The standard InChI is InChI=1S/C12H16ClN5/c1-3-18-7-16-17-12(18)6-15-11-5-9(13)10(14)4-8(11)2/h4-5,7,15H,3,6,14H2,1-2H3. The van der Waals surface area contributed by atoms with E-state index in [1.807, 2.05) is 23.6 Å². The zero-order valence-corrected chi connectivity index (χ0v) is 11.2. The maximum absolute atomic E-state index is 6.01. The van der Waals surface area contributed by atoms with Crippen LogP contribution < -0.4 is 11.1 Å². The molecular formula is C12H16ClN5. The lowest BCUT2D eigenvalue weighted by Gasteiger charge is -2.11. The SMILES string of the molecule is CCn1cnnc1CNc1cc(Cl)c(N)cc1C. The first-order valence-electron chi connectivity index (χ1n) is 5.78. The molecule has 0 aliphatic carbocycles. The summed E-state index contributed by atoms with van der Waals surface area (Å²) in [5.74, 6) is 0.893. The van der Waals surface area contributed by atoms with Gasteiger partial charge in [-0.05, 0) is 31.5 Å². The van der Waals surface area contributed by atoms with Gasteiger partial charge in [0.15, 0.2) is 5.82 Å². The molecule has 2 rings (SSSR count). The molecule has 6 heteroatoms. The molecule has 0 aliphatic heterocycles. The molecule has 0 bridgehead atoms. The molecule has 1 heterocycles. The van der Waals surface area contributed by atoms with Crippen LogP contribution in [0.15, 0.2) is 18.5 Å². The second-order valence-electron chi connectivity index (χ2n) is 4.08. The first-order chi connectivity index (χ1) is 8.61. The molecule has 0 atom stereocenters. The lowest BCUT2D eigenvalue weighted by Crippen LogP contribution is -2.08. The van der Waals surface area contributed by atoms with E-state index in [1.54, 1.807) is 6.33 Å². The molecule has 96 valence electrons. The Labute approximate surface area is 111 Å². The predicted octanol–water partition coefficient (Wildman–Crippen LogP) is 2.45. The Kier molecular flexibility index (Phi) is 3.72. The van der Waals surface area contributed by atoms with Crippen LogP contribution in [-0.2, 0) is 13.1 Å². The van der Waals surface area contributed by atoms with Gasteiger partial charge in [0.05, 0.1) is 17.3 Å². The van der Waals surface area contributed by atoms with Gasteiger partial charge in [-0.3, -0.25) is 0 Å². The highest BCUT2D eigenvalue weighted by atomic mass is 35.5. The number of anilines is 2. The predicted molar refractivity (Wildman–Crippen MR) is 73.6 cm³/mol. The summed E-state index contributed by atoms with van der Waals surface area (Å²) in [4.78, 5) is 0. The van der Waals surface area contributed by atoms with Crippen molar-refractivity contribution in [3.8, 4) is 0 Å². The molecule has 3 N–H and O–H groups in total. The molecule has 1 aromatic carbocycles. The number of aromatic nitrogens is 3. The van der Waals surface area contributed by atoms with E-state index in [9.17, 15) is 0 Å². The summed E-state index contributed by atoms with van der Waals surface area (Å²) < 4.78 is 1.99. The first-order valence-corrected chi connectivity index (χ1v) is 6.15. The molecule has 1 aromatic heterocycles. The van der Waals surface area contributed by atoms with Gasteiger partial charge in [0, 0.05) is 12.2 Å². The van der Waals surface area contributed by atoms with Gasteiger partial charge in [-0.25, -0.2) is 0 Å². The van der Waals surface area contributed by atoms with Crippen LogP contribution in [0.5, 0.6) is 0 Å². The quantitative estimate of drug-likeness (QED) is 0.834. The summed E-state index contributed by atoms with van der Waals surface area (Å²) in [6, 6.07) is 3.69. The molecule has 0 spiro atoms. The molecule has 0 unspecified atom stereocenters. The molecule has 0 aliphatic rings. The van der Waals surface area contributed by atoms with E-state index < -0.39 is 0 Å². The Balaban J connectivity index is 2.13. The van der Waals surface area contributed by atoms with Crippen LogP contribution in [0.3, 0.4) is 0 Å². The number of aryl methyl sites for hydroxylation is 2. The molecular weight excluding hydrogens is 250 g/mol. The minimum atomic E-state index is 0.556. The van der Waals surface area contributed by atoms with E-state index in [1.165, 1.54) is 0 Å². The van der Waals surface area contributed by atoms with Gasteiger partial charge < -0.3 is 15.6 Å². The van der Waals surface area contributed by atoms with Crippen LogP contribution >= 0.6 is 11.6 Å². The van der Waals surface area contributed by atoms with E-state index in [2.05, 4.69) is 22.4 Å². The number of nitrogens with two attached hydrogens (primary N) is 1. The molecule has 0 radical (unpaired) electrons. The summed E-state index contributed by atoms with van der Waals surface area (Å²) in [7, 11) is 0. The Hall–Kier alpha value is -1.75. The summed E-state index contributed by atoms with van der Waals surface area (Å²) in [6.07, 6.45) is 1.72. The lowest BCUT2D eigenvalue weighted by atomic mass is 10.2. The van der Waals surface area contributed by atoms with Gasteiger partial charge >= 0.3 is 0 Å². The van der Waals surface area contributed by atoms with Crippen molar-refractivity contribution in [3.05, 3.63) is 34.9 Å². The Morgan fingerprint density at radius 1 is 1.44 bits per heavy atom. The summed E-state index contributed by atoms with van der Waals surface area (Å²) in [5, 5.41) is 11.8. The first kappa shape index (κ1) is 12.7. The summed E-state index contributed by atoms with van der Waals surface area (Å²) in [6.45, 7) is 5.50. The number of rotatable bonds is 4. The second kappa shape index (κ2) is 5.27. The number of halogens is 1. The Morgan fingerprint density at radius 3 is 2.94 bits per heavy atom. The molecule has 0 fully saturated rings. The lowest BCUT2D eigenvalue weighted by molar-refractivity contribution is 0.708. The number of hydrogen-bond acceptors (Lipinski definition) is 4. The highest BCUT2D eigenvalue weighted by molar-refractivity contribution is 6.33. The van der Waals surface area contributed by atoms with E-state index in [4.69, 9.17) is 17.3 Å². The van der Waals surface area contributed by atoms with Crippen LogP contribution in [-0.4, -0.2) is 14.8 Å². The van der Waals surface area contributed by atoms with Crippen LogP contribution in [0.4, 0.5) is 11.4 Å². The Morgan fingerprint density at radius 2 is 2.22 bits per heavy atom. The van der Waals surface area contributed by atoms with Crippen molar-refractivity contribution < 1.29 is 0 Å². The van der Waals surface area contributed by atoms with Gasteiger partial charge in [0.2, 0.25) is 0 Å². The van der Waals surface area contributed by atoms with Gasteiger partial charge in [-0.2, -0.15) is 0 Å². The van der Waals surface area contributed by atoms with Crippen molar-refractivity contribution in [2.75, 3.05) is 11.1 Å². The monoisotopic (exact) mass is 265 g/mol. The summed E-state index contributed by atoms with van der Waals surface area (Å²) >= 11 is 6.01.